The summed E-state index contributed by atoms with van der Waals surface area (Å²) in [6.45, 7) is 0.333. The second-order valence-electron chi connectivity index (χ2n) is 8.06. The zero-order valence-electron chi connectivity index (χ0n) is 20.2. The number of carbonyl (C=O) groups is 6. The van der Waals surface area contributed by atoms with E-state index in [1.54, 1.807) is 6.26 Å². The number of unbranched alkanes of at least 4 members (excludes halogenated alkanes) is 1. The highest BCUT2D eigenvalue weighted by Gasteiger charge is 2.30. The molecular formula is C21H37N5O9S. The number of nitrogens with two attached hydrogens (primary N) is 2. The number of carboxylic acid groups (broad SMARTS) is 3. The van der Waals surface area contributed by atoms with Gasteiger partial charge in [-0.25, -0.2) is 4.79 Å². The summed E-state index contributed by atoms with van der Waals surface area (Å²) in [5.74, 6) is -5.60. The van der Waals surface area contributed by atoms with Gasteiger partial charge in [0.05, 0.1) is 6.04 Å². The third-order valence-electron chi connectivity index (χ3n) is 5.09. The Morgan fingerprint density at radius 3 is 1.72 bits per heavy atom. The SMILES string of the molecule is CSCCC(NC(=O)C(CCCCN)NC(=O)C(CCC(=O)O)NC(=O)C(N)CCC(=O)O)C(=O)O. The fraction of sp³-hybridized carbons (Fsp3) is 0.714. The second-order valence-corrected chi connectivity index (χ2v) is 9.04. The Morgan fingerprint density at radius 2 is 1.22 bits per heavy atom. The van der Waals surface area contributed by atoms with Gasteiger partial charge in [-0.2, -0.15) is 11.8 Å². The molecule has 0 aliphatic carbocycles. The quantitative estimate of drug-likeness (QED) is 0.0826. The molecule has 0 radical (unpaired) electrons. The van der Waals surface area contributed by atoms with Crippen LogP contribution >= 0.6 is 11.8 Å². The van der Waals surface area contributed by atoms with Gasteiger partial charge in [-0.05, 0) is 57.1 Å². The lowest BCUT2D eigenvalue weighted by atomic mass is 10.0. The second kappa shape index (κ2) is 18.4. The molecule has 0 aromatic heterocycles. The third-order valence-corrected chi connectivity index (χ3v) is 5.73. The van der Waals surface area contributed by atoms with E-state index in [1.165, 1.54) is 11.8 Å². The van der Waals surface area contributed by atoms with Gasteiger partial charge >= 0.3 is 17.9 Å². The molecule has 0 fully saturated rings. The van der Waals surface area contributed by atoms with E-state index in [-0.39, 0.29) is 32.1 Å². The van der Waals surface area contributed by atoms with Crippen LogP contribution in [0.25, 0.3) is 0 Å². The van der Waals surface area contributed by atoms with E-state index in [4.69, 9.17) is 21.7 Å². The maximum absolute atomic E-state index is 12.9. The number of hydrogen-bond acceptors (Lipinski definition) is 9. The van der Waals surface area contributed by atoms with Crippen LogP contribution in [0.2, 0.25) is 0 Å². The topological polar surface area (TPSA) is 251 Å². The summed E-state index contributed by atoms with van der Waals surface area (Å²) < 4.78 is 0. The molecular weight excluding hydrogens is 498 g/mol. The van der Waals surface area contributed by atoms with Crippen LogP contribution in [0.3, 0.4) is 0 Å². The maximum Gasteiger partial charge on any atom is 0.326 e. The van der Waals surface area contributed by atoms with E-state index in [2.05, 4.69) is 16.0 Å². The number of rotatable bonds is 20. The highest BCUT2D eigenvalue weighted by Crippen LogP contribution is 2.07. The average Bonchev–Trinajstić information content (AvgIpc) is 2.81. The molecule has 36 heavy (non-hydrogen) atoms. The van der Waals surface area contributed by atoms with E-state index in [0.717, 1.165) is 0 Å². The van der Waals surface area contributed by atoms with Crippen molar-refractivity contribution in [3.63, 3.8) is 0 Å². The van der Waals surface area contributed by atoms with E-state index >= 15 is 0 Å². The lowest BCUT2D eigenvalue weighted by Crippen LogP contribution is -2.57. The molecule has 10 N–H and O–H groups in total. The van der Waals surface area contributed by atoms with E-state index in [0.29, 0.717) is 25.1 Å². The maximum atomic E-state index is 12.9. The zero-order chi connectivity index (χ0) is 27.7. The number of amides is 3. The average molecular weight is 536 g/mol. The first-order chi connectivity index (χ1) is 16.9. The number of aliphatic carboxylic acids is 3. The smallest absolute Gasteiger partial charge is 0.326 e. The van der Waals surface area contributed by atoms with Crippen molar-refractivity contribution in [2.75, 3.05) is 18.6 Å². The minimum atomic E-state index is -1.37. The van der Waals surface area contributed by atoms with Crippen LogP contribution in [0.15, 0.2) is 0 Å². The van der Waals surface area contributed by atoms with Crippen molar-refractivity contribution in [1.29, 1.82) is 0 Å². The largest absolute Gasteiger partial charge is 0.481 e. The van der Waals surface area contributed by atoms with Gasteiger partial charge in [0.25, 0.3) is 0 Å². The first-order valence-electron chi connectivity index (χ1n) is 11.4. The minimum Gasteiger partial charge on any atom is -0.481 e. The van der Waals surface area contributed by atoms with Crippen LogP contribution in [0.5, 0.6) is 0 Å². The van der Waals surface area contributed by atoms with Gasteiger partial charge in [0, 0.05) is 12.8 Å². The predicted octanol–water partition coefficient (Wildman–Crippen LogP) is -1.54. The number of nitrogens with one attached hydrogen (secondary N) is 3. The molecule has 15 heteroatoms. The normalized spacial score (nSPS) is 14.1. The Labute approximate surface area is 213 Å². The summed E-state index contributed by atoms with van der Waals surface area (Å²) in [7, 11) is 0. The molecule has 0 aliphatic rings. The molecule has 4 atom stereocenters. The Morgan fingerprint density at radius 1 is 0.722 bits per heavy atom. The van der Waals surface area contributed by atoms with Crippen LogP contribution < -0.4 is 27.4 Å². The Balaban J connectivity index is 5.53. The van der Waals surface area contributed by atoms with Gasteiger partial charge in [0.15, 0.2) is 0 Å². The van der Waals surface area contributed by atoms with Crippen molar-refractivity contribution in [3.05, 3.63) is 0 Å². The molecule has 0 heterocycles. The number of carboxylic acids is 3. The number of carbonyl (C=O) groups excluding carboxylic acids is 3. The van der Waals surface area contributed by atoms with Gasteiger partial charge in [-0.15, -0.1) is 0 Å². The van der Waals surface area contributed by atoms with Crippen LogP contribution in [-0.2, 0) is 28.8 Å². The Kier molecular flexibility index (Phi) is 16.9. The summed E-state index contributed by atoms with van der Waals surface area (Å²) in [6, 6.07) is -4.96. The lowest BCUT2D eigenvalue weighted by Gasteiger charge is -2.25. The summed E-state index contributed by atoms with van der Waals surface area (Å²) in [4.78, 5) is 71.4. The van der Waals surface area contributed by atoms with E-state index in [9.17, 15) is 33.9 Å². The fourth-order valence-electron chi connectivity index (χ4n) is 3.02. The number of thioether (sulfide) groups is 1. The van der Waals surface area contributed by atoms with Crippen LogP contribution in [-0.4, -0.2) is 93.7 Å². The molecule has 0 rings (SSSR count). The van der Waals surface area contributed by atoms with Crippen molar-refractivity contribution in [3.8, 4) is 0 Å². The predicted molar refractivity (Wildman–Crippen MR) is 131 cm³/mol. The summed E-state index contributed by atoms with van der Waals surface area (Å²) in [6.07, 6.45) is 1.66. The third kappa shape index (κ3) is 14.5. The monoisotopic (exact) mass is 535 g/mol. The molecule has 14 nitrogen and oxygen atoms in total. The molecule has 0 spiro atoms. The summed E-state index contributed by atoms with van der Waals surface area (Å²) >= 11 is 1.41. The van der Waals surface area contributed by atoms with Gasteiger partial charge < -0.3 is 42.7 Å². The Bertz CT molecular complexity index is 768. The van der Waals surface area contributed by atoms with Crippen molar-refractivity contribution in [2.24, 2.45) is 11.5 Å². The number of hydrogen-bond donors (Lipinski definition) is 8. The highest BCUT2D eigenvalue weighted by molar-refractivity contribution is 7.98. The molecule has 206 valence electrons. The standard InChI is InChI=1S/C21H37N5O9S/c1-36-11-9-15(21(34)35)26-19(32)13(4-2-3-10-22)25-20(33)14(6-8-17(29)30)24-18(31)12(23)5-7-16(27)28/h12-15H,2-11,22-23H2,1H3,(H,24,31)(H,25,33)(H,26,32)(H,27,28)(H,29,30)(H,34,35). The van der Waals surface area contributed by atoms with Crippen LogP contribution in [0.4, 0.5) is 0 Å². The molecule has 0 aromatic rings. The van der Waals surface area contributed by atoms with Gasteiger partial charge in [0.2, 0.25) is 17.7 Å². The van der Waals surface area contributed by atoms with Crippen molar-refractivity contribution < 1.29 is 44.1 Å². The van der Waals surface area contributed by atoms with E-state index in [1.807, 2.05) is 0 Å². The molecule has 0 saturated heterocycles. The minimum absolute atomic E-state index is 0.126. The molecule has 0 aromatic carbocycles. The highest BCUT2D eigenvalue weighted by atomic mass is 32.2. The summed E-state index contributed by atoms with van der Waals surface area (Å²) in [5, 5.41) is 34.3. The van der Waals surface area contributed by atoms with Crippen molar-refractivity contribution in [2.45, 2.75) is 75.5 Å². The Hall–Kier alpha value is -2.91. The molecule has 0 bridgehead atoms. The fourth-order valence-corrected chi connectivity index (χ4v) is 3.50. The molecule has 3 amide bonds. The van der Waals surface area contributed by atoms with Gasteiger partial charge in [-0.1, -0.05) is 0 Å². The van der Waals surface area contributed by atoms with Crippen molar-refractivity contribution >= 4 is 47.4 Å². The first kappa shape index (κ1) is 33.1. The van der Waals surface area contributed by atoms with Crippen LogP contribution in [0.1, 0.15) is 51.4 Å². The van der Waals surface area contributed by atoms with Crippen LogP contribution in [0, 0.1) is 0 Å². The summed E-state index contributed by atoms with van der Waals surface area (Å²) in [5.41, 5.74) is 11.2. The van der Waals surface area contributed by atoms with Gasteiger partial charge in [0.1, 0.15) is 18.1 Å². The molecule has 0 saturated carbocycles. The lowest BCUT2D eigenvalue weighted by molar-refractivity contribution is -0.142. The van der Waals surface area contributed by atoms with E-state index < -0.39 is 66.2 Å². The molecule has 4 unspecified atom stereocenters. The first-order valence-corrected chi connectivity index (χ1v) is 12.8. The molecule has 0 aliphatic heterocycles. The zero-order valence-corrected chi connectivity index (χ0v) is 21.1. The van der Waals surface area contributed by atoms with Crippen molar-refractivity contribution in [1.82, 2.24) is 16.0 Å². The van der Waals surface area contributed by atoms with Gasteiger partial charge in [-0.3, -0.25) is 24.0 Å².